The van der Waals surface area contributed by atoms with Crippen LogP contribution in [-0.2, 0) is 9.84 Å². The third kappa shape index (κ3) is 2.63. The second kappa shape index (κ2) is 5.05. The molecule has 0 bridgehead atoms. The average molecular weight is 280 g/mol. The number of halogens is 1. The fraction of sp³-hybridized carbons (Fsp3) is 0.231. The molecule has 0 radical (unpaired) electrons. The predicted molar refractivity (Wildman–Crippen MR) is 68.8 cm³/mol. The van der Waals surface area contributed by atoms with Gasteiger partial charge in [-0.1, -0.05) is 6.07 Å². The summed E-state index contributed by atoms with van der Waals surface area (Å²) in [5.41, 5.74) is 0.957. The Hall–Kier alpha value is -1.82. The molecule has 0 fully saturated rings. The van der Waals surface area contributed by atoms with Crippen LogP contribution in [0.25, 0.3) is 0 Å². The lowest BCUT2D eigenvalue weighted by molar-refractivity contribution is 0.569. The van der Waals surface area contributed by atoms with Crippen molar-refractivity contribution in [1.29, 1.82) is 0 Å². The molecule has 0 aliphatic carbocycles. The van der Waals surface area contributed by atoms with Crippen LogP contribution in [-0.4, -0.2) is 18.4 Å². The van der Waals surface area contributed by atoms with Crippen LogP contribution in [0.3, 0.4) is 0 Å². The maximum Gasteiger partial charge on any atom is 0.202 e. The van der Waals surface area contributed by atoms with Gasteiger partial charge in [-0.3, -0.25) is 4.98 Å². The van der Waals surface area contributed by atoms with E-state index in [1.54, 1.807) is 6.07 Å². The van der Waals surface area contributed by atoms with Crippen LogP contribution in [0.15, 0.2) is 41.8 Å². The van der Waals surface area contributed by atoms with E-state index in [2.05, 4.69) is 9.97 Å². The molecule has 1 unspecified atom stereocenters. The molecular formula is C13H13FN2O2S. The van der Waals surface area contributed by atoms with Gasteiger partial charge in [0.25, 0.3) is 0 Å². The van der Waals surface area contributed by atoms with Gasteiger partial charge in [0, 0.05) is 18.0 Å². The lowest BCUT2D eigenvalue weighted by Gasteiger charge is -2.13. The van der Waals surface area contributed by atoms with Crippen molar-refractivity contribution in [2.45, 2.75) is 24.1 Å². The molecule has 0 N–H and O–H groups in total. The smallest absolute Gasteiger partial charge is 0.202 e. The van der Waals surface area contributed by atoms with Crippen LogP contribution >= 0.6 is 0 Å². The predicted octanol–water partition coefficient (Wildman–Crippen LogP) is 2.46. The summed E-state index contributed by atoms with van der Waals surface area (Å²) in [5.74, 6) is -0.634. The zero-order chi connectivity index (χ0) is 14.0. The number of sulfone groups is 1. The molecule has 0 aromatic carbocycles. The lowest BCUT2D eigenvalue weighted by atomic mass is 10.2. The first-order valence-corrected chi connectivity index (χ1v) is 7.23. The Labute approximate surface area is 111 Å². The van der Waals surface area contributed by atoms with Crippen molar-refractivity contribution >= 4 is 9.84 Å². The average Bonchev–Trinajstić information content (AvgIpc) is 2.39. The van der Waals surface area contributed by atoms with E-state index in [4.69, 9.17) is 0 Å². The highest BCUT2D eigenvalue weighted by Crippen LogP contribution is 2.28. The van der Waals surface area contributed by atoms with Crippen molar-refractivity contribution in [3.8, 4) is 0 Å². The summed E-state index contributed by atoms with van der Waals surface area (Å²) in [6, 6.07) is 4.46. The molecule has 100 valence electrons. The second-order valence-corrected chi connectivity index (χ2v) is 6.47. The summed E-state index contributed by atoms with van der Waals surface area (Å²) in [6.07, 6.45) is 3.85. The van der Waals surface area contributed by atoms with Gasteiger partial charge in [-0.05, 0) is 31.5 Å². The Kier molecular flexibility index (Phi) is 3.61. The van der Waals surface area contributed by atoms with Crippen molar-refractivity contribution in [2.24, 2.45) is 0 Å². The first-order chi connectivity index (χ1) is 8.93. The van der Waals surface area contributed by atoms with Crippen LogP contribution < -0.4 is 0 Å². The summed E-state index contributed by atoms with van der Waals surface area (Å²) < 4.78 is 38.3. The molecule has 4 nitrogen and oxygen atoms in total. The third-order valence-electron chi connectivity index (χ3n) is 2.88. The Morgan fingerprint density at radius 1 is 1.21 bits per heavy atom. The zero-order valence-corrected chi connectivity index (χ0v) is 11.4. The number of aryl methyl sites for hydroxylation is 1. The molecule has 0 saturated heterocycles. The largest absolute Gasteiger partial charge is 0.262 e. The Morgan fingerprint density at radius 3 is 2.53 bits per heavy atom. The monoisotopic (exact) mass is 280 g/mol. The number of hydrogen-bond acceptors (Lipinski definition) is 4. The zero-order valence-electron chi connectivity index (χ0n) is 10.5. The van der Waals surface area contributed by atoms with E-state index in [0.717, 1.165) is 11.8 Å². The molecule has 19 heavy (non-hydrogen) atoms. The Morgan fingerprint density at radius 2 is 1.95 bits per heavy atom. The van der Waals surface area contributed by atoms with E-state index < -0.39 is 20.9 Å². The first-order valence-electron chi connectivity index (χ1n) is 5.69. The van der Waals surface area contributed by atoms with Crippen molar-refractivity contribution in [3.63, 3.8) is 0 Å². The SMILES string of the molecule is Cc1ccc(S(=O)(=O)C(C)c2ccncc2F)nc1. The van der Waals surface area contributed by atoms with E-state index in [0.29, 0.717) is 0 Å². The summed E-state index contributed by atoms with van der Waals surface area (Å²) in [5, 5.41) is -1.06. The topological polar surface area (TPSA) is 59.9 Å². The molecule has 0 aliphatic heterocycles. The van der Waals surface area contributed by atoms with Crippen LogP contribution in [0, 0.1) is 12.7 Å². The standard InChI is InChI=1S/C13H13FN2O2S/c1-9-3-4-13(16-7-9)19(17,18)10(2)11-5-6-15-8-12(11)14/h3-8,10H,1-2H3. The quantitative estimate of drug-likeness (QED) is 0.866. The van der Waals surface area contributed by atoms with Crippen LogP contribution in [0.2, 0.25) is 0 Å². The fourth-order valence-corrected chi connectivity index (χ4v) is 3.03. The van der Waals surface area contributed by atoms with Crippen molar-refractivity contribution in [1.82, 2.24) is 9.97 Å². The van der Waals surface area contributed by atoms with E-state index in [-0.39, 0.29) is 10.6 Å². The van der Waals surface area contributed by atoms with Crippen LogP contribution in [0.4, 0.5) is 4.39 Å². The Balaban J connectivity index is 2.45. The van der Waals surface area contributed by atoms with Gasteiger partial charge in [-0.2, -0.15) is 0 Å². The third-order valence-corrected chi connectivity index (χ3v) is 4.89. The van der Waals surface area contributed by atoms with Crippen LogP contribution in [0.1, 0.15) is 23.3 Å². The van der Waals surface area contributed by atoms with Gasteiger partial charge in [-0.15, -0.1) is 0 Å². The molecule has 6 heteroatoms. The minimum absolute atomic E-state index is 0.0539. The summed E-state index contributed by atoms with van der Waals surface area (Å²) in [4.78, 5) is 7.51. The number of aromatic nitrogens is 2. The highest BCUT2D eigenvalue weighted by molar-refractivity contribution is 7.91. The Bertz CT molecular complexity index is 684. The normalized spacial score (nSPS) is 13.2. The molecule has 2 rings (SSSR count). The highest BCUT2D eigenvalue weighted by Gasteiger charge is 2.28. The maximum atomic E-state index is 13.6. The number of pyridine rings is 2. The number of nitrogens with zero attached hydrogens (tertiary/aromatic N) is 2. The van der Waals surface area contributed by atoms with Gasteiger partial charge >= 0.3 is 0 Å². The first kappa shape index (κ1) is 13.6. The van der Waals surface area contributed by atoms with Gasteiger partial charge in [0.15, 0.2) is 5.03 Å². The molecule has 0 spiro atoms. The van der Waals surface area contributed by atoms with E-state index in [1.807, 2.05) is 6.92 Å². The molecule has 0 saturated carbocycles. The molecule has 2 aromatic rings. The maximum absolute atomic E-state index is 13.6. The summed E-state index contributed by atoms with van der Waals surface area (Å²) in [6.45, 7) is 3.25. The van der Waals surface area contributed by atoms with Crippen molar-refractivity contribution in [2.75, 3.05) is 0 Å². The lowest BCUT2D eigenvalue weighted by Crippen LogP contribution is -2.13. The molecule has 0 amide bonds. The van der Waals surface area contributed by atoms with E-state index in [9.17, 15) is 12.8 Å². The van der Waals surface area contributed by atoms with Gasteiger partial charge in [-0.25, -0.2) is 17.8 Å². The van der Waals surface area contributed by atoms with Crippen molar-refractivity contribution < 1.29 is 12.8 Å². The minimum atomic E-state index is -3.71. The summed E-state index contributed by atoms with van der Waals surface area (Å²) in [7, 11) is -3.71. The number of hydrogen-bond donors (Lipinski definition) is 0. The second-order valence-electron chi connectivity index (χ2n) is 4.26. The molecule has 1 atom stereocenters. The fourth-order valence-electron chi connectivity index (χ4n) is 1.69. The van der Waals surface area contributed by atoms with Gasteiger partial charge < -0.3 is 0 Å². The molecule has 0 aliphatic rings. The summed E-state index contributed by atoms with van der Waals surface area (Å²) >= 11 is 0. The van der Waals surface area contributed by atoms with Gasteiger partial charge in [0.05, 0.1) is 11.4 Å². The van der Waals surface area contributed by atoms with E-state index in [1.165, 1.54) is 31.5 Å². The molecule has 2 aromatic heterocycles. The van der Waals surface area contributed by atoms with Gasteiger partial charge in [0.2, 0.25) is 9.84 Å². The molecular weight excluding hydrogens is 267 g/mol. The number of rotatable bonds is 3. The van der Waals surface area contributed by atoms with Crippen LogP contribution in [0.5, 0.6) is 0 Å². The van der Waals surface area contributed by atoms with Gasteiger partial charge in [0.1, 0.15) is 5.82 Å². The molecule has 2 heterocycles. The van der Waals surface area contributed by atoms with Crippen molar-refractivity contribution in [3.05, 3.63) is 53.7 Å². The van der Waals surface area contributed by atoms with E-state index >= 15 is 0 Å². The minimum Gasteiger partial charge on any atom is -0.262 e. The highest BCUT2D eigenvalue weighted by atomic mass is 32.2.